The Kier molecular flexibility index (Phi) is 63.1. The Hall–Kier alpha value is -1.94. The minimum absolute atomic E-state index is 0.106. The predicted octanol–water partition coefficient (Wildman–Crippen LogP) is 21.7. The molecule has 0 aromatic carbocycles. The van der Waals surface area contributed by atoms with Crippen LogP contribution in [0.5, 0.6) is 0 Å². The lowest BCUT2D eigenvalue weighted by atomic mass is 9.99. The molecule has 0 heterocycles. The minimum atomic E-state index is -4.96. The number of phosphoric ester groups is 2. The van der Waals surface area contributed by atoms with Crippen molar-refractivity contribution in [3.63, 3.8) is 0 Å². The average Bonchev–Trinajstić information content (AvgIpc) is 1.21. The van der Waals surface area contributed by atoms with Gasteiger partial charge in [0.15, 0.2) is 12.2 Å². The van der Waals surface area contributed by atoms with E-state index in [1.165, 1.54) is 173 Å². The van der Waals surface area contributed by atoms with Gasteiger partial charge in [-0.15, -0.1) is 0 Å². The highest BCUT2D eigenvalue weighted by Crippen LogP contribution is 2.45. The Bertz CT molecular complexity index is 1850. The molecule has 0 saturated carbocycles. The Morgan fingerprint density at radius 3 is 0.755 bits per heavy atom. The molecule has 0 saturated heterocycles. The van der Waals surface area contributed by atoms with Gasteiger partial charge in [0.1, 0.15) is 19.3 Å². The number of hydrogen-bond donors (Lipinski definition) is 3. The molecule has 0 radical (unpaired) electrons. The molecule has 3 unspecified atom stereocenters. The van der Waals surface area contributed by atoms with E-state index in [0.717, 1.165) is 114 Å². The van der Waals surface area contributed by atoms with Crippen LogP contribution in [-0.4, -0.2) is 96.7 Å². The van der Waals surface area contributed by atoms with Gasteiger partial charge in [0, 0.05) is 25.7 Å². The van der Waals surface area contributed by atoms with E-state index in [2.05, 4.69) is 55.4 Å². The molecular weight excluding hydrogens is 1230 g/mol. The molecule has 6 atom stereocenters. The quantitative estimate of drug-likeness (QED) is 0.0222. The van der Waals surface area contributed by atoms with E-state index >= 15 is 0 Å². The molecule has 19 heteroatoms. The van der Waals surface area contributed by atoms with E-state index in [0.29, 0.717) is 31.6 Å². The van der Waals surface area contributed by atoms with Crippen molar-refractivity contribution in [1.82, 2.24) is 0 Å². The number of rotatable bonds is 72. The zero-order chi connectivity index (χ0) is 69.6. The minimum Gasteiger partial charge on any atom is -0.462 e. The molecule has 0 rings (SSSR count). The first-order valence-corrected chi connectivity index (χ1v) is 41.7. The maximum absolute atomic E-state index is 13.1. The van der Waals surface area contributed by atoms with Crippen LogP contribution in [0.15, 0.2) is 0 Å². The van der Waals surface area contributed by atoms with Crippen LogP contribution in [0.2, 0.25) is 0 Å². The number of phosphoric acid groups is 2. The summed E-state index contributed by atoms with van der Waals surface area (Å²) in [5, 5.41) is 10.6. The highest BCUT2D eigenvalue weighted by atomic mass is 31.2. The number of carbonyl (C=O) groups excluding carboxylic acids is 4. The fourth-order valence-electron chi connectivity index (χ4n) is 11.3. The molecule has 0 amide bonds. The largest absolute Gasteiger partial charge is 0.472 e. The lowest BCUT2D eigenvalue weighted by Gasteiger charge is -2.21. The van der Waals surface area contributed by atoms with E-state index in [-0.39, 0.29) is 25.7 Å². The summed E-state index contributed by atoms with van der Waals surface area (Å²) in [4.78, 5) is 72.8. The van der Waals surface area contributed by atoms with Gasteiger partial charge in [-0.05, 0) is 49.4 Å². The Balaban J connectivity index is 5.24. The van der Waals surface area contributed by atoms with Crippen molar-refractivity contribution in [1.29, 1.82) is 0 Å². The summed E-state index contributed by atoms with van der Waals surface area (Å²) in [7, 11) is -9.91. The Morgan fingerprint density at radius 1 is 0.298 bits per heavy atom. The number of ether oxygens (including phenoxy) is 4. The van der Waals surface area contributed by atoms with Crippen LogP contribution in [0.3, 0.4) is 0 Å². The SMILES string of the molecule is CCC(C)CCCCCCCCCCCCC(=O)O[C@H](COC(=O)CCCCCCCCCCCCCCC(C)C)COP(=O)(O)OC[C@@H](O)COP(=O)(O)OC[C@@H](COC(=O)CCCCCCCCC(C)C)OC(=O)CCCCCCCCCCCCCCCC(C)C. The third-order valence-corrected chi connectivity index (χ3v) is 19.6. The van der Waals surface area contributed by atoms with Gasteiger partial charge in [-0.1, -0.05) is 325 Å². The molecule has 0 aliphatic rings. The molecule has 0 aliphatic heterocycles. The van der Waals surface area contributed by atoms with Crippen LogP contribution in [0.4, 0.5) is 0 Å². The van der Waals surface area contributed by atoms with E-state index in [4.69, 9.17) is 37.0 Å². The van der Waals surface area contributed by atoms with Gasteiger partial charge in [0.05, 0.1) is 26.4 Å². The maximum atomic E-state index is 13.1. The van der Waals surface area contributed by atoms with Gasteiger partial charge in [-0.25, -0.2) is 9.13 Å². The second-order valence-corrected chi connectivity index (χ2v) is 31.6. The van der Waals surface area contributed by atoms with Crippen molar-refractivity contribution in [3.05, 3.63) is 0 Å². The van der Waals surface area contributed by atoms with Gasteiger partial charge < -0.3 is 33.8 Å². The summed E-state index contributed by atoms with van der Waals surface area (Å²) in [5.74, 6) is 0.927. The fraction of sp³-hybridized carbons (Fsp3) is 0.947. The van der Waals surface area contributed by atoms with Gasteiger partial charge in [0.25, 0.3) is 0 Å². The van der Waals surface area contributed by atoms with Crippen molar-refractivity contribution >= 4 is 39.5 Å². The lowest BCUT2D eigenvalue weighted by molar-refractivity contribution is -0.161. The Labute approximate surface area is 575 Å². The summed E-state index contributed by atoms with van der Waals surface area (Å²) >= 11 is 0. The van der Waals surface area contributed by atoms with Crippen LogP contribution in [0, 0.1) is 23.7 Å². The van der Waals surface area contributed by atoms with Crippen molar-refractivity contribution in [2.24, 2.45) is 23.7 Å². The highest BCUT2D eigenvalue weighted by molar-refractivity contribution is 7.47. The molecule has 0 fully saturated rings. The van der Waals surface area contributed by atoms with E-state index in [9.17, 15) is 43.2 Å². The molecule has 0 aromatic heterocycles. The maximum Gasteiger partial charge on any atom is 0.472 e. The monoisotopic (exact) mass is 1380 g/mol. The fourth-order valence-corrected chi connectivity index (χ4v) is 12.9. The smallest absolute Gasteiger partial charge is 0.462 e. The summed E-state index contributed by atoms with van der Waals surface area (Å²) in [6.45, 7) is 14.2. The summed E-state index contributed by atoms with van der Waals surface area (Å²) in [6, 6.07) is 0. The summed E-state index contributed by atoms with van der Waals surface area (Å²) in [5.41, 5.74) is 0. The van der Waals surface area contributed by atoms with E-state index in [1.807, 2.05) is 0 Å². The van der Waals surface area contributed by atoms with Crippen LogP contribution in [-0.2, 0) is 65.4 Å². The van der Waals surface area contributed by atoms with Crippen LogP contribution in [0.1, 0.15) is 376 Å². The number of aliphatic hydroxyl groups excluding tert-OH is 1. The molecule has 94 heavy (non-hydrogen) atoms. The lowest BCUT2D eigenvalue weighted by Crippen LogP contribution is -2.30. The van der Waals surface area contributed by atoms with Crippen LogP contribution < -0.4 is 0 Å². The second kappa shape index (κ2) is 64.4. The molecule has 3 N–H and O–H groups in total. The van der Waals surface area contributed by atoms with E-state index in [1.54, 1.807) is 0 Å². The van der Waals surface area contributed by atoms with Crippen molar-refractivity contribution in [2.45, 2.75) is 395 Å². The number of carbonyl (C=O) groups is 4. The highest BCUT2D eigenvalue weighted by Gasteiger charge is 2.30. The molecular formula is C75H146O17P2. The van der Waals surface area contributed by atoms with E-state index < -0.39 is 97.5 Å². The first-order chi connectivity index (χ1) is 45.1. The normalized spacial score (nSPS) is 14.4. The first kappa shape index (κ1) is 92.1. The predicted molar refractivity (Wildman–Crippen MR) is 381 cm³/mol. The van der Waals surface area contributed by atoms with Crippen LogP contribution >= 0.6 is 15.6 Å². The van der Waals surface area contributed by atoms with Crippen molar-refractivity contribution in [2.75, 3.05) is 39.6 Å². The average molecular weight is 1380 g/mol. The third kappa shape index (κ3) is 67.3. The number of unbranched alkanes of at least 4 members (excludes halogenated alkanes) is 37. The zero-order valence-electron chi connectivity index (χ0n) is 61.6. The number of esters is 4. The third-order valence-electron chi connectivity index (χ3n) is 17.7. The molecule has 17 nitrogen and oxygen atoms in total. The Morgan fingerprint density at radius 2 is 0.511 bits per heavy atom. The summed E-state index contributed by atoms with van der Waals surface area (Å²) < 4.78 is 68.5. The topological polar surface area (TPSA) is 237 Å². The molecule has 0 spiro atoms. The molecule has 0 aliphatic carbocycles. The number of hydrogen-bond acceptors (Lipinski definition) is 15. The van der Waals surface area contributed by atoms with Gasteiger partial charge in [-0.3, -0.25) is 37.3 Å². The van der Waals surface area contributed by atoms with Crippen molar-refractivity contribution < 1.29 is 80.2 Å². The van der Waals surface area contributed by atoms with Gasteiger partial charge in [-0.2, -0.15) is 0 Å². The standard InChI is InChI=1S/C75H146O17P2/c1-9-68(8)54-46-38-29-23-19-20-26-32-42-50-58-75(80)91-70(61-85-72(77)55-47-39-30-24-17-14-13-16-22-28-36-44-52-66(4)5)63-89-93(81,82)87-59-69(76)60-88-94(83,84)90-64-71(62-86-73(78)56-48-40-34-33-37-45-53-67(6)7)92-74(79)57-49-41-31-25-18-12-10-11-15-21-27-35-43-51-65(2)3/h65-71,76H,9-64H2,1-8H3,(H,81,82)(H,83,84)/t68?,69-,70-,71-/m1/s1. The van der Waals surface area contributed by atoms with Gasteiger partial charge >= 0.3 is 39.5 Å². The molecule has 0 aromatic rings. The van der Waals surface area contributed by atoms with Crippen molar-refractivity contribution in [3.8, 4) is 0 Å². The second-order valence-electron chi connectivity index (χ2n) is 28.7. The van der Waals surface area contributed by atoms with Crippen LogP contribution in [0.25, 0.3) is 0 Å². The molecule has 0 bridgehead atoms. The zero-order valence-corrected chi connectivity index (χ0v) is 63.4. The summed E-state index contributed by atoms with van der Waals surface area (Å²) in [6.07, 6.45) is 48.6. The molecule has 558 valence electrons. The number of aliphatic hydroxyl groups is 1. The first-order valence-electron chi connectivity index (χ1n) is 38.7. The van der Waals surface area contributed by atoms with Gasteiger partial charge in [0.2, 0.25) is 0 Å².